The molecular weight excluding hydrogens is 336 g/mol. The normalized spacial score (nSPS) is 12.0. The minimum absolute atomic E-state index is 0.0715. The molecule has 0 saturated heterocycles. The van der Waals surface area contributed by atoms with Crippen LogP contribution in [0, 0.1) is 5.92 Å². The minimum Gasteiger partial charge on any atom is -0.480 e. The monoisotopic (exact) mass is 360 g/mol. The smallest absolute Gasteiger partial charge is 0.408 e. The van der Waals surface area contributed by atoms with Gasteiger partial charge in [-0.05, 0) is 30.9 Å². The summed E-state index contributed by atoms with van der Waals surface area (Å²) in [5.41, 5.74) is 2.40. The number of hydrogen-bond acceptors (Lipinski definition) is 4. The molecule has 1 aromatic carbocycles. The predicted octanol–water partition coefficient (Wildman–Crippen LogP) is 4.05. The third-order valence-electron chi connectivity index (χ3n) is 4.02. The Hall–Kier alpha value is -2.96. The second-order valence-corrected chi connectivity index (χ2v) is 6.51. The number of aliphatic carboxylic acids is 1. The first-order chi connectivity index (χ1) is 12.4. The van der Waals surface area contributed by atoms with Gasteiger partial charge in [-0.1, -0.05) is 32.0 Å². The molecule has 0 aliphatic heterocycles. The van der Waals surface area contributed by atoms with Crippen LogP contribution in [0.25, 0.3) is 0 Å². The van der Waals surface area contributed by atoms with Gasteiger partial charge in [0.1, 0.15) is 12.3 Å². The number of hydrogen-bond donors (Lipinski definition) is 3. The molecule has 2 aromatic rings. The predicted molar refractivity (Wildman–Crippen MR) is 97.7 cm³/mol. The van der Waals surface area contributed by atoms with Crippen molar-refractivity contribution in [2.75, 3.05) is 11.9 Å². The van der Waals surface area contributed by atoms with Crippen LogP contribution >= 0.6 is 0 Å². The van der Waals surface area contributed by atoms with Gasteiger partial charge in [-0.15, -0.1) is 0 Å². The van der Waals surface area contributed by atoms with E-state index in [1.165, 1.54) is 0 Å². The van der Waals surface area contributed by atoms with Gasteiger partial charge in [0.15, 0.2) is 0 Å². The van der Waals surface area contributed by atoms with Crippen LogP contribution < -0.4 is 5.32 Å². The van der Waals surface area contributed by atoms with E-state index < -0.39 is 18.1 Å². The first-order valence-corrected chi connectivity index (χ1v) is 8.48. The summed E-state index contributed by atoms with van der Waals surface area (Å²) in [6.07, 6.45) is 2.47. The zero-order valence-corrected chi connectivity index (χ0v) is 14.9. The Morgan fingerprint density at radius 2 is 1.85 bits per heavy atom. The fourth-order valence-corrected chi connectivity index (χ4v) is 2.74. The van der Waals surface area contributed by atoms with Gasteiger partial charge in [0, 0.05) is 17.8 Å². The van der Waals surface area contributed by atoms with Crippen LogP contribution in [0.5, 0.6) is 0 Å². The second-order valence-electron chi connectivity index (χ2n) is 6.51. The Morgan fingerprint density at radius 3 is 2.42 bits per heavy atom. The lowest BCUT2D eigenvalue weighted by atomic mass is 10.0. The fraction of sp³-hybridized carbons (Fsp3) is 0.368. The largest absolute Gasteiger partial charge is 0.480 e. The number of carbonyl (C=O) groups is 2. The lowest BCUT2D eigenvalue weighted by molar-refractivity contribution is -0.143. The molecule has 26 heavy (non-hydrogen) atoms. The van der Waals surface area contributed by atoms with Gasteiger partial charge in [0.25, 0.3) is 0 Å². The lowest BCUT2D eigenvalue weighted by Crippen LogP contribution is -2.46. The van der Waals surface area contributed by atoms with Crippen LogP contribution in [0.1, 0.15) is 25.8 Å². The van der Waals surface area contributed by atoms with E-state index in [-0.39, 0.29) is 18.9 Å². The van der Waals surface area contributed by atoms with E-state index >= 15 is 0 Å². The van der Waals surface area contributed by atoms with E-state index in [0.717, 1.165) is 21.8 Å². The summed E-state index contributed by atoms with van der Waals surface area (Å²) in [5, 5.41) is 22.1. The summed E-state index contributed by atoms with van der Waals surface area (Å²) in [5.74, 6) is -1.06. The van der Waals surface area contributed by atoms with Crippen LogP contribution in [0.15, 0.2) is 47.3 Å². The van der Waals surface area contributed by atoms with Crippen LogP contribution in [0.4, 0.5) is 16.2 Å². The van der Waals surface area contributed by atoms with Crippen LogP contribution in [0.2, 0.25) is 0 Å². The third kappa shape index (κ3) is 5.27. The minimum atomic E-state index is -1.24. The number of furan rings is 1. The molecule has 140 valence electrons. The molecule has 0 fully saturated rings. The van der Waals surface area contributed by atoms with Crippen molar-refractivity contribution in [3.63, 3.8) is 0 Å². The summed E-state index contributed by atoms with van der Waals surface area (Å²) in [6, 6.07) is 8.46. The van der Waals surface area contributed by atoms with Gasteiger partial charge in [-0.3, -0.25) is 4.90 Å². The molecule has 0 spiro atoms. The van der Waals surface area contributed by atoms with Crippen LogP contribution in [-0.4, -0.2) is 39.8 Å². The zero-order valence-electron chi connectivity index (χ0n) is 14.9. The van der Waals surface area contributed by atoms with Gasteiger partial charge < -0.3 is 19.9 Å². The van der Waals surface area contributed by atoms with E-state index in [1.807, 2.05) is 44.2 Å². The third-order valence-corrected chi connectivity index (χ3v) is 4.02. The fourth-order valence-electron chi connectivity index (χ4n) is 2.74. The number of carboxylic acid groups (broad SMARTS) is 2. The molecule has 1 heterocycles. The van der Waals surface area contributed by atoms with E-state index in [0.29, 0.717) is 6.42 Å². The summed E-state index contributed by atoms with van der Waals surface area (Å²) >= 11 is 0. The molecule has 1 atom stereocenters. The summed E-state index contributed by atoms with van der Waals surface area (Å²) in [7, 11) is 0. The number of nitrogens with zero attached hydrogens (tertiary/aromatic N) is 1. The van der Waals surface area contributed by atoms with E-state index in [9.17, 15) is 19.8 Å². The molecular formula is C19H24N2O5. The van der Waals surface area contributed by atoms with Crippen LogP contribution in [0.3, 0.4) is 0 Å². The lowest BCUT2D eigenvalue weighted by Gasteiger charge is -2.27. The highest BCUT2D eigenvalue weighted by atomic mass is 16.4. The summed E-state index contributed by atoms with van der Waals surface area (Å²) in [6.45, 7) is 3.81. The van der Waals surface area contributed by atoms with Gasteiger partial charge >= 0.3 is 12.1 Å². The number of nitrogens with one attached hydrogen (secondary N) is 1. The van der Waals surface area contributed by atoms with Gasteiger partial charge in [-0.2, -0.15) is 0 Å². The van der Waals surface area contributed by atoms with E-state index in [4.69, 9.17) is 4.42 Å². The van der Waals surface area contributed by atoms with Crippen LogP contribution in [-0.2, 0) is 11.2 Å². The van der Waals surface area contributed by atoms with Crippen molar-refractivity contribution >= 4 is 23.4 Å². The maximum atomic E-state index is 11.6. The zero-order chi connectivity index (χ0) is 19.1. The molecule has 1 unspecified atom stereocenters. The Bertz CT molecular complexity index is 727. The van der Waals surface area contributed by atoms with Crippen molar-refractivity contribution in [2.45, 2.75) is 32.7 Å². The Kier molecular flexibility index (Phi) is 6.66. The highest BCUT2D eigenvalue weighted by Gasteiger charge is 2.30. The topological polar surface area (TPSA) is 103 Å². The Balaban J connectivity index is 2.09. The number of rotatable bonds is 9. The number of anilines is 2. The van der Waals surface area contributed by atoms with Gasteiger partial charge in [0.2, 0.25) is 0 Å². The number of benzene rings is 1. The van der Waals surface area contributed by atoms with E-state index in [2.05, 4.69) is 5.32 Å². The van der Waals surface area contributed by atoms with Crippen molar-refractivity contribution < 1.29 is 24.2 Å². The molecule has 7 heteroatoms. The molecule has 0 aliphatic carbocycles. The average Bonchev–Trinajstić information content (AvgIpc) is 3.01. The first-order valence-electron chi connectivity index (χ1n) is 8.48. The molecule has 2 rings (SSSR count). The standard InChI is InChI=1S/C19H24N2O5/c1-13(2)10-17(18(22)23)21(19(24)25)9-8-14-11-26-12-16(14)20-15-6-4-3-5-7-15/h3-7,11-13,17,20H,8-10H2,1-2H3,(H,22,23)(H,24,25). The number of amides is 1. The molecule has 3 N–H and O–H groups in total. The summed E-state index contributed by atoms with van der Waals surface area (Å²) < 4.78 is 5.24. The van der Waals surface area contributed by atoms with Crippen molar-refractivity contribution in [3.05, 3.63) is 48.4 Å². The SMILES string of the molecule is CC(C)CC(C(=O)O)N(CCc1cocc1Nc1ccccc1)C(=O)O. The summed E-state index contributed by atoms with van der Waals surface area (Å²) in [4.78, 5) is 24.1. The van der Waals surface area contributed by atoms with Gasteiger partial charge in [-0.25, -0.2) is 9.59 Å². The molecule has 1 amide bonds. The van der Waals surface area contributed by atoms with E-state index in [1.54, 1.807) is 12.5 Å². The maximum Gasteiger partial charge on any atom is 0.408 e. The Morgan fingerprint density at radius 1 is 1.15 bits per heavy atom. The number of para-hydroxylation sites is 1. The molecule has 0 saturated carbocycles. The van der Waals surface area contributed by atoms with Gasteiger partial charge in [0.05, 0.1) is 12.0 Å². The number of carboxylic acids is 1. The molecule has 7 nitrogen and oxygen atoms in total. The molecule has 1 aromatic heterocycles. The first kappa shape index (κ1) is 19.4. The Labute approximate surface area is 152 Å². The van der Waals surface area contributed by atoms with Crippen molar-refractivity contribution in [3.8, 4) is 0 Å². The molecule has 0 aliphatic rings. The van der Waals surface area contributed by atoms with Crippen molar-refractivity contribution in [1.29, 1.82) is 0 Å². The average molecular weight is 360 g/mol. The molecule has 0 bridgehead atoms. The second kappa shape index (κ2) is 8.94. The highest BCUT2D eigenvalue weighted by Crippen LogP contribution is 2.23. The quantitative estimate of drug-likeness (QED) is 0.623. The van der Waals surface area contributed by atoms with Crippen molar-refractivity contribution in [2.24, 2.45) is 5.92 Å². The molecule has 0 radical (unpaired) electrons. The van der Waals surface area contributed by atoms with Crippen molar-refractivity contribution in [1.82, 2.24) is 4.90 Å². The highest BCUT2D eigenvalue weighted by molar-refractivity contribution is 5.79. The maximum absolute atomic E-state index is 11.6.